The first-order valence-electron chi connectivity index (χ1n) is 9.50. The SMILES string of the molecule is O=C(/C=C/c1ccco1)Nc1cccc(C(=O)Nc2nnc(-c3ccc([N+](=O)[O-])cc3)o2)c1. The number of amides is 2. The van der Waals surface area contributed by atoms with Crippen molar-refractivity contribution < 1.29 is 23.3 Å². The Morgan fingerprint density at radius 2 is 1.82 bits per heavy atom. The van der Waals surface area contributed by atoms with Crippen molar-refractivity contribution in [3.63, 3.8) is 0 Å². The zero-order valence-corrected chi connectivity index (χ0v) is 16.8. The Kier molecular flexibility index (Phi) is 6.03. The number of nitro benzene ring substituents is 1. The molecule has 0 saturated carbocycles. The van der Waals surface area contributed by atoms with Crippen LogP contribution in [-0.2, 0) is 4.79 Å². The quantitative estimate of drug-likeness (QED) is 0.244. The van der Waals surface area contributed by atoms with E-state index in [0.29, 0.717) is 17.0 Å². The third kappa shape index (κ3) is 5.35. The van der Waals surface area contributed by atoms with Crippen molar-refractivity contribution in [2.24, 2.45) is 0 Å². The van der Waals surface area contributed by atoms with Gasteiger partial charge in [-0.1, -0.05) is 11.2 Å². The highest BCUT2D eigenvalue weighted by Crippen LogP contribution is 2.23. The van der Waals surface area contributed by atoms with Crippen LogP contribution in [0.3, 0.4) is 0 Å². The molecule has 11 heteroatoms. The minimum absolute atomic E-state index is 0.0739. The van der Waals surface area contributed by atoms with Gasteiger partial charge in [-0.05, 0) is 48.5 Å². The number of hydrogen-bond acceptors (Lipinski definition) is 8. The summed E-state index contributed by atoms with van der Waals surface area (Å²) in [6, 6.07) is 15.1. The Morgan fingerprint density at radius 1 is 1.00 bits per heavy atom. The van der Waals surface area contributed by atoms with E-state index in [1.807, 2.05) is 0 Å². The van der Waals surface area contributed by atoms with Gasteiger partial charge in [0.15, 0.2) is 0 Å². The fourth-order valence-corrected chi connectivity index (χ4v) is 2.75. The summed E-state index contributed by atoms with van der Waals surface area (Å²) in [5, 5.41) is 23.5. The van der Waals surface area contributed by atoms with Gasteiger partial charge in [0.05, 0.1) is 11.2 Å². The molecule has 33 heavy (non-hydrogen) atoms. The number of hydrogen-bond donors (Lipinski definition) is 2. The van der Waals surface area contributed by atoms with E-state index in [-0.39, 0.29) is 23.2 Å². The highest BCUT2D eigenvalue weighted by molar-refractivity contribution is 6.05. The van der Waals surface area contributed by atoms with Gasteiger partial charge < -0.3 is 14.2 Å². The molecule has 0 unspecified atom stereocenters. The summed E-state index contributed by atoms with van der Waals surface area (Å²) < 4.78 is 10.5. The number of non-ortho nitro benzene ring substituents is 1. The maximum absolute atomic E-state index is 12.5. The third-order valence-corrected chi connectivity index (χ3v) is 4.30. The zero-order valence-electron chi connectivity index (χ0n) is 16.8. The lowest BCUT2D eigenvalue weighted by atomic mass is 10.2. The van der Waals surface area contributed by atoms with Crippen LogP contribution in [0.2, 0.25) is 0 Å². The topological polar surface area (TPSA) is 153 Å². The Balaban J connectivity index is 1.40. The van der Waals surface area contributed by atoms with E-state index in [1.54, 1.807) is 30.3 Å². The molecule has 4 rings (SSSR count). The molecule has 2 amide bonds. The fourth-order valence-electron chi connectivity index (χ4n) is 2.75. The van der Waals surface area contributed by atoms with Crippen LogP contribution < -0.4 is 10.6 Å². The second-order valence-electron chi connectivity index (χ2n) is 6.59. The molecule has 2 N–H and O–H groups in total. The number of benzene rings is 2. The Labute approximate surface area is 185 Å². The normalized spacial score (nSPS) is 10.8. The third-order valence-electron chi connectivity index (χ3n) is 4.30. The number of nitro groups is 1. The van der Waals surface area contributed by atoms with Gasteiger partial charge in [0.25, 0.3) is 11.6 Å². The fraction of sp³-hybridized carbons (Fsp3) is 0. The van der Waals surface area contributed by atoms with E-state index >= 15 is 0 Å². The first-order valence-corrected chi connectivity index (χ1v) is 9.50. The van der Waals surface area contributed by atoms with Gasteiger partial charge in [-0.3, -0.25) is 25.0 Å². The molecule has 4 aromatic rings. The van der Waals surface area contributed by atoms with Crippen molar-refractivity contribution in [1.29, 1.82) is 0 Å². The average molecular weight is 445 g/mol. The summed E-state index contributed by atoms with van der Waals surface area (Å²) in [6.45, 7) is 0. The standard InChI is InChI=1S/C22H15N5O6/c28-19(11-10-18-5-2-12-32-18)23-16-4-1-3-15(13-16)20(29)24-22-26-25-21(33-22)14-6-8-17(9-7-14)27(30)31/h1-13H,(H,23,28)(H,24,26,29)/b11-10+. The van der Waals surface area contributed by atoms with Gasteiger partial charge in [0.2, 0.25) is 11.8 Å². The van der Waals surface area contributed by atoms with Gasteiger partial charge in [-0.25, -0.2) is 0 Å². The molecule has 0 radical (unpaired) electrons. The summed E-state index contributed by atoms with van der Waals surface area (Å²) in [5.74, 6) is -0.305. The molecular weight excluding hydrogens is 430 g/mol. The lowest BCUT2D eigenvalue weighted by molar-refractivity contribution is -0.384. The molecule has 2 heterocycles. The summed E-state index contributed by atoms with van der Waals surface area (Å²) >= 11 is 0. The number of anilines is 2. The minimum Gasteiger partial charge on any atom is -0.465 e. The maximum Gasteiger partial charge on any atom is 0.322 e. The number of furan rings is 1. The molecule has 2 aromatic heterocycles. The van der Waals surface area contributed by atoms with Crippen LogP contribution in [0.4, 0.5) is 17.4 Å². The first kappa shape index (κ1) is 21.2. The van der Waals surface area contributed by atoms with Crippen molar-refractivity contribution in [2.75, 3.05) is 10.6 Å². The van der Waals surface area contributed by atoms with Gasteiger partial charge in [0, 0.05) is 35.0 Å². The average Bonchev–Trinajstić information content (AvgIpc) is 3.50. The molecule has 0 bridgehead atoms. The number of carbonyl (C=O) groups is 2. The Hall–Kier alpha value is -5.06. The van der Waals surface area contributed by atoms with Crippen molar-refractivity contribution in [3.05, 3.63) is 94.4 Å². The van der Waals surface area contributed by atoms with Crippen LogP contribution in [0, 0.1) is 10.1 Å². The number of nitrogens with zero attached hydrogens (tertiary/aromatic N) is 3. The predicted molar refractivity (Wildman–Crippen MR) is 117 cm³/mol. The van der Waals surface area contributed by atoms with Gasteiger partial charge >= 0.3 is 6.01 Å². The summed E-state index contributed by atoms with van der Waals surface area (Å²) in [4.78, 5) is 34.8. The van der Waals surface area contributed by atoms with E-state index in [2.05, 4.69) is 20.8 Å². The number of aromatic nitrogens is 2. The van der Waals surface area contributed by atoms with Crippen molar-refractivity contribution in [1.82, 2.24) is 10.2 Å². The van der Waals surface area contributed by atoms with E-state index in [1.165, 1.54) is 48.7 Å². The van der Waals surface area contributed by atoms with Gasteiger partial charge in [-0.2, -0.15) is 0 Å². The lowest BCUT2D eigenvalue weighted by Crippen LogP contribution is -2.13. The molecule has 11 nitrogen and oxygen atoms in total. The summed E-state index contributed by atoms with van der Waals surface area (Å²) in [5.41, 5.74) is 1.04. The number of carbonyl (C=O) groups excluding carboxylic acids is 2. The Bertz CT molecular complexity index is 1330. The molecule has 2 aromatic carbocycles. The van der Waals surface area contributed by atoms with Crippen LogP contribution in [0.5, 0.6) is 0 Å². The second-order valence-corrected chi connectivity index (χ2v) is 6.59. The molecule has 0 aliphatic carbocycles. The van der Waals surface area contributed by atoms with Gasteiger partial charge in [0.1, 0.15) is 5.76 Å². The van der Waals surface area contributed by atoms with Crippen molar-refractivity contribution in [2.45, 2.75) is 0 Å². The van der Waals surface area contributed by atoms with Crippen molar-refractivity contribution in [3.8, 4) is 11.5 Å². The molecule has 0 saturated heterocycles. The zero-order chi connectivity index (χ0) is 23.2. The van der Waals surface area contributed by atoms with E-state index < -0.39 is 16.7 Å². The first-order chi connectivity index (χ1) is 16.0. The molecular formula is C22H15N5O6. The summed E-state index contributed by atoms with van der Waals surface area (Å²) in [7, 11) is 0. The lowest BCUT2D eigenvalue weighted by Gasteiger charge is -2.05. The predicted octanol–water partition coefficient (Wildman–Crippen LogP) is 4.14. The molecule has 0 aliphatic heterocycles. The van der Waals surface area contributed by atoms with Crippen LogP contribution in [-0.4, -0.2) is 26.9 Å². The molecule has 0 spiro atoms. The molecule has 0 fully saturated rings. The molecule has 0 aliphatic rings. The summed E-state index contributed by atoms with van der Waals surface area (Å²) in [6.07, 6.45) is 4.33. The van der Waals surface area contributed by atoms with E-state index in [4.69, 9.17) is 8.83 Å². The second kappa shape index (κ2) is 9.39. The highest BCUT2D eigenvalue weighted by Gasteiger charge is 2.14. The van der Waals surface area contributed by atoms with Crippen LogP contribution in [0.1, 0.15) is 16.1 Å². The Morgan fingerprint density at radius 3 is 2.55 bits per heavy atom. The smallest absolute Gasteiger partial charge is 0.322 e. The highest BCUT2D eigenvalue weighted by atomic mass is 16.6. The van der Waals surface area contributed by atoms with Crippen molar-refractivity contribution >= 4 is 35.3 Å². The van der Waals surface area contributed by atoms with E-state index in [0.717, 1.165) is 0 Å². The van der Waals surface area contributed by atoms with Crippen LogP contribution in [0.25, 0.3) is 17.5 Å². The van der Waals surface area contributed by atoms with Gasteiger partial charge in [-0.15, -0.1) is 5.10 Å². The number of nitrogens with one attached hydrogen (secondary N) is 2. The molecule has 0 atom stereocenters. The monoisotopic (exact) mass is 445 g/mol. The number of rotatable bonds is 7. The van der Waals surface area contributed by atoms with Crippen LogP contribution >= 0.6 is 0 Å². The maximum atomic E-state index is 12.5. The minimum atomic E-state index is -0.531. The van der Waals surface area contributed by atoms with Crippen LogP contribution in [0.15, 0.2) is 81.8 Å². The largest absolute Gasteiger partial charge is 0.465 e. The van der Waals surface area contributed by atoms with E-state index in [9.17, 15) is 19.7 Å². The molecule has 164 valence electrons.